The molecule has 0 aliphatic heterocycles. The molecule has 2 aromatic rings. The molecule has 2 rings (SSSR count). The van der Waals surface area contributed by atoms with Crippen molar-refractivity contribution in [1.29, 1.82) is 0 Å². The predicted octanol–water partition coefficient (Wildman–Crippen LogP) is 1.67. The maximum atomic E-state index is 12.0. The van der Waals surface area contributed by atoms with Gasteiger partial charge in [0.2, 0.25) is 0 Å². The number of esters is 1. The summed E-state index contributed by atoms with van der Waals surface area (Å²) >= 11 is 1.42. The van der Waals surface area contributed by atoms with E-state index in [9.17, 15) is 4.79 Å². The number of aromatic amines is 1. The lowest BCUT2D eigenvalue weighted by Gasteiger charge is -2.19. The normalized spacial score (nSPS) is 13.0. The van der Waals surface area contributed by atoms with Crippen LogP contribution in [0.2, 0.25) is 0 Å². The van der Waals surface area contributed by atoms with E-state index in [0.29, 0.717) is 23.3 Å². The largest absolute Gasteiger partial charge is 0.465 e. The molecule has 0 aromatic carbocycles. The zero-order chi connectivity index (χ0) is 15.5. The lowest BCUT2D eigenvalue weighted by Crippen LogP contribution is -2.31. The molecule has 2 N–H and O–H groups in total. The van der Waals surface area contributed by atoms with Crippen molar-refractivity contribution in [2.75, 3.05) is 11.9 Å². The third kappa shape index (κ3) is 3.35. The van der Waals surface area contributed by atoms with Crippen molar-refractivity contribution >= 4 is 22.4 Å². The van der Waals surface area contributed by atoms with Gasteiger partial charge in [-0.2, -0.15) is 5.21 Å². The van der Waals surface area contributed by atoms with Gasteiger partial charge in [-0.1, -0.05) is 5.21 Å². The molecule has 0 spiro atoms. The van der Waals surface area contributed by atoms with Crippen LogP contribution in [0.3, 0.4) is 0 Å². The molecule has 8 nitrogen and oxygen atoms in total. The fourth-order valence-electron chi connectivity index (χ4n) is 1.65. The first-order valence-corrected chi connectivity index (χ1v) is 7.46. The molecule has 2 heterocycles. The summed E-state index contributed by atoms with van der Waals surface area (Å²) in [6.45, 7) is 7.64. The Labute approximate surface area is 126 Å². The van der Waals surface area contributed by atoms with Gasteiger partial charge in [0.1, 0.15) is 5.41 Å². The van der Waals surface area contributed by atoms with Crippen molar-refractivity contribution in [3.8, 4) is 0 Å². The maximum absolute atomic E-state index is 12.0. The zero-order valence-electron chi connectivity index (χ0n) is 12.4. The molecule has 0 bridgehead atoms. The summed E-state index contributed by atoms with van der Waals surface area (Å²) in [7, 11) is 0. The SMILES string of the molecule is CCOC(=O)C(C)(C)c1csc(NC(C)c2nn[nH]n2)n1. The number of H-pyrrole nitrogens is 1. The third-order valence-corrected chi connectivity index (χ3v) is 3.79. The van der Waals surface area contributed by atoms with E-state index in [1.54, 1.807) is 20.8 Å². The highest BCUT2D eigenvalue weighted by atomic mass is 32.1. The van der Waals surface area contributed by atoms with Crippen molar-refractivity contribution in [1.82, 2.24) is 25.6 Å². The van der Waals surface area contributed by atoms with Gasteiger partial charge in [0.05, 0.1) is 18.3 Å². The monoisotopic (exact) mass is 310 g/mol. The number of nitrogens with one attached hydrogen (secondary N) is 2. The molecule has 0 fully saturated rings. The number of tetrazole rings is 1. The van der Waals surface area contributed by atoms with Crippen LogP contribution < -0.4 is 5.32 Å². The Morgan fingerprint density at radius 3 is 2.95 bits per heavy atom. The van der Waals surface area contributed by atoms with Crippen molar-refractivity contribution in [3.05, 3.63) is 16.9 Å². The average molecular weight is 310 g/mol. The summed E-state index contributed by atoms with van der Waals surface area (Å²) < 4.78 is 5.08. The highest BCUT2D eigenvalue weighted by molar-refractivity contribution is 7.13. The van der Waals surface area contributed by atoms with Crippen LogP contribution in [0.5, 0.6) is 0 Å². The highest BCUT2D eigenvalue weighted by Crippen LogP contribution is 2.29. The van der Waals surface area contributed by atoms with Crippen LogP contribution in [0, 0.1) is 0 Å². The fourth-order valence-corrected chi connectivity index (χ4v) is 2.61. The first-order chi connectivity index (χ1) is 9.95. The van der Waals surface area contributed by atoms with E-state index in [-0.39, 0.29) is 12.0 Å². The number of rotatable bonds is 6. The zero-order valence-corrected chi connectivity index (χ0v) is 13.2. The van der Waals surface area contributed by atoms with Gasteiger partial charge in [0, 0.05) is 5.38 Å². The standard InChI is InChI=1S/C12H18N6O2S/c1-5-20-10(19)12(3,4)8-6-21-11(14-8)13-7(2)9-15-17-18-16-9/h6-7H,5H2,1-4H3,(H,13,14)(H,15,16,17,18). The van der Waals surface area contributed by atoms with Gasteiger partial charge in [-0.05, 0) is 27.7 Å². The smallest absolute Gasteiger partial charge is 0.317 e. The number of aromatic nitrogens is 5. The molecule has 1 unspecified atom stereocenters. The van der Waals surface area contributed by atoms with E-state index < -0.39 is 5.41 Å². The number of thiazole rings is 1. The molecule has 0 aliphatic carbocycles. The van der Waals surface area contributed by atoms with E-state index in [1.165, 1.54) is 11.3 Å². The molecule has 0 amide bonds. The number of anilines is 1. The molecule has 114 valence electrons. The summed E-state index contributed by atoms with van der Waals surface area (Å²) in [6, 6.07) is -0.131. The van der Waals surface area contributed by atoms with Crippen molar-refractivity contribution in [3.63, 3.8) is 0 Å². The molecule has 0 saturated heterocycles. The quantitative estimate of drug-likeness (QED) is 0.782. The topological polar surface area (TPSA) is 106 Å². The lowest BCUT2D eigenvalue weighted by atomic mass is 9.90. The number of carbonyl (C=O) groups excluding carboxylic acids is 1. The minimum atomic E-state index is -0.776. The van der Waals surface area contributed by atoms with Crippen LogP contribution in [-0.4, -0.2) is 38.2 Å². The van der Waals surface area contributed by atoms with E-state index >= 15 is 0 Å². The molecular formula is C12H18N6O2S. The second-order valence-electron chi connectivity index (χ2n) is 5.02. The molecular weight excluding hydrogens is 292 g/mol. The molecule has 0 saturated carbocycles. The van der Waals surface area contributed by atoms with Crippen LogP contribution in [0.4, 0.5) is 5.13 Å². The first kappa shape index (κ1) is 15.4. The summed E-state index contributed by atoms with van der Waals surface area (Å²) in [4.78, 5) is 16.4. The number of hydrogen-bond acceptors (Lipinski definition) is 8. The molecule has 0 aliphatic rings. The van der Waals surface area contributed by atoms with Gasteiger partial charge in [-0.15, -0.1) is 21.5 Å². The summed E-state index contributed by atoms with van der Waals surface area (Å²) in [5, 5.41) is 19.5. The van der Waals surface area contributed by atoms with Crippen LogP contribution in [0.15, 0.2) is 5.38 Å². The van der Waals surface area contributed by atoms with Gasteiger partial charge in [-0.3, -0.25) is 4.79 Å². The van der Waals surface area contributed by atoms with Gasteiger partial charge in [-0.25, -0.2) is 4.98 Å². The van der Waals surface area contributed by atoms with Crippen LogP contribution >= 0.6 is 11.3 Å². The Bertz CT molecular complexity index is 595. The van der Waals surface area contributed by atoms with Crippen LogP contribution in [0.1, 0.15) is 45.3 Å². The van der Waals surface area contributed by atoms with Gasteiger partial charge in [0.15, 0.2) is 11.0 Å². The summed E-state index contributed by atoms with van der Waals surface area (Å²) in [6.07, 6.45) is 0. The number of hydrogen-bond donors (Lipinski definition) is 2. The van der Waals surface area contributed by atoms with Crippen molar-refractivity contribution in [2.45, 2.75) is 39.2 Å². The van der Waals surface area contributed by atoms with Crippen molar-refractivity contribution < 1.29 is 9.53 Å². The van der Waals surface area contributed by atoms with E-state index in [2.05, 4.69) is 30.9 Å². The number of nitrogens with zero attached hydrogens (tertiary/aromatic N) is 4. The fraction of sp³-hybridized carbons (Fsp3) is 0.583. The maximum Gasteiger partial charge on any atom is 0.317 e. The molecule has 2 aromatic heterocycles. The Balaban J connectivity index is 2.09. The van der Waals surface area contributed by atoms with Crippen LogP contribution in [-0.2, 0) is 14.9 Å². The predicted molar refractivity (Wildman–Crippen MR) is 78.0 cm³/mol. The van der Waals surface area contributed by atoms with Gasteiger partial charge < -0.3 is 10.1 Å². The van der Waals surface area contributed by atoms with Crippen molar-refractivity contribution in [2.24, 2.45) is 0 Å². The van der Waals surface area contributed by atoms with Gasteiger partial charge in [0.25, 0.3) is 0 Å². The highest BCUT2D eigenvalue weighted by Gasteiger charge is 2.34. The second-order valence-corrected chi connectivity index (χ2v) is 5.88. The van der Waals surface area contributed by atoms with Crippen LogP contribution in [0.25, 0.3) is 0 Å². The number of carbonyl (C=O) groups is 1. The average Bonchev–Trinajstić information content (AvgIpc) is 3.10. The Morgan fingerprint density at radius 1 is 1.57 bits per heavy atom. The van der Waals surface area contributed by atoms with E-state index in [4.69, 9.17) is 4.74 Å². The minimum Gasteiger partial charge on any atom is -0.465 e. The number of ether oxygens (including phenoxy) is 1. The first-order valence-electron chi connectivity index (χ1n) is 6.58. The second kappa shape index (κ2) is 6.17. The molecule has 0 radical (unpaired) electrons. The van der Waals surface area contributed by atoms with E-state index in [0.717, 1.165) is 0 Å². The Kier molecular flexibility index (Phi) is 4.51. The minimum absolute atomic E-state index is 0.131. The Morgan fingerprint density at radius 2 is 2.33 bits per heavy atom. The summed E-state index contributed by atoms with van der Waals surface area (Å²) in [5.41, 5.74) is -0.101. The van der Waals surface area contributed by atoms with Gasteiger partial charge >= 0.3 is 5.97 Å². The van der Waals surface area contributed by atoms with E-state index in [1.807, 2.05) is 12.3 Å². The Hall–Kier alpha value is -2.03. The lowest BCUT2D eigenvalue weighted by molar-refractivity contribution is -0.148. The molecule has 1 atom stereocenters. The molecule has 9 heteroatoms. The summed E-state index contributed by atoms with van der Waals surface area (Å²) in [5.74, 6) is 0.268. The molecule has 21 heavy (non-hydrogen) atoms. The third-order valence-electron chi connectivity index (χ3n) is 3.02.